The van der Waals surface area contributed by atoms with Gasteiger partial charge in [0.2, 0.25) is 0 Å². The molecule has 2 N–H and O–H groups in total. The van der Waals surface area contributed by atoms with Crippen LogP contribution in [0.2, 0.25) is 0 Å². The molecule has 0 aromatic heterocycles. The maximum absolute atomic E-state index is 12.7. The Hall–Kier alpha value is -3.50. The average Bonchev–Trinajstić information content (AvgIpc) is 2.95. The normalized spacial score (nSPS) is 18.7. The molecule has 0 heterocycles. The van der Waals surface area contributed by atoms with Gasteiger partial charge in [0.15, 0.2) is 0 Å². The highest BCUT2D eigenvalue weighted by atomic mass is 16.6. The molecule has 0 spiro atoms. The molecule has 1 aliphatic carbocycles. The molecule has 0 saturated heterocycles. The van der Waals surface area contributed by atoms with Gasteiger partial charge in [-0.15, -0.1) is 0 Å². The number of carbonyl (C=O) groups excluding carboxylic acids is 4. The molecule has 2 aromatic rings. The summed E-state index contributed by atoms with van der Waals surface area (Å²) in [7, 11) is 1.30. The van der Waals surface area contributed by atoms with Crippen molar-refractivity contribution < 1.29 is 48.3 Å². The third-order valence-corrected chi connectivity index (χ3v) is 6.58. The maximum atomic E-state index is 12.7. The predicted molar refractivity (Wildman–Crippen MR) is 135 cm³/mol. The first-order valence-electron chi connectivity index (χ1n) is 12.7. The van der Waals surface area contributed by atoms with E-state index in [0.29, 0.717) is 30.2 Å². The summed E-state index contributed by atoms with van der Waals surface area (Å²) in [6, 6.07) is 9.75. The Morgan fingerprint density at radius 1 is 0.763 bits per heavy atom. The van der Waals surface area contributed by atoms with Crippen molar-refractivity contribution in [1.82, 2.24) is 0 Å². The number of hydrogen-bond acceptors (Lipinski definition) is 10. The molecule has 0 radical (unpaired) electrons. The van der Waals surface area contributed by atoms with Crippen LogP contribution in [0.25, 0.3) is 10.8 Å². The molecule has 2 aromatic carbocycles. The van der Waals surface area contributed by atoms with Crippen LogP contribution in [0.4, 0.5) is 0 Å². The molecule has 10 nitrogen and oxygen atoms in total. The first-order chi connectivity index (χ1) is 18.2. The van der Waals surface area contributed by atoms with Crippen molar-refractivity contribution in [3.63, 3.8) is 0 Å². The van der Waals surface area contributed by atoms with Crippen LogP contribution in [0.5, 0.6) is 0 Å². The van der Waals surface area contributed by atoms with E-state index in [1.54, 1.807) is 43.3 Å². The highest BCUT2D eigenvalue weighted by Gasteiger charge is 2.38. The highest BCUT2D eigenvalue weighted by Crippen LogP contribution is 2.32. The van der Waals surface area contributed by atoms with Gasteiger partial charge in [-0.2, -0.15) is 0 Å². The van der Waals surface area contributed by atoms with E-state index in [9.17, 15) is 29.4 Å². The van der Waals surface area contributed by atoms with Crippen molar-refractivity contribution >= 4 is 34.6 Å². The number of carbonyl (C=O) groups is 4. The molecule has 1 aliphatic rings. The summed E-state index contributed by atoms with van der Waals surface area (Å²) in [4.78, 5) is 49.3. The van der Waals surface area contributed by atoms with Crippen LogP contribution >= 0.6 is 0 Å². The molecule has 0 amide bonds. The van der Waals surface area contributed by atoms with Crippen LogP contribution in [0.1, 0.15) is 59.7 Å². The number of esters is 4. The number of benzene rings is 2. The fourth-order valence-electron chi connectivity index (χ4n) is 4.30. The predicted octanol–water partition coefficient (Wildman–Crippen LogP) is 2.81. The van der Waals surface area contributed by atoms with Crippen LogP contribution in [0.15, 0.2) is 36.4 Å². The third kappa shape index (κ3) is 7.75. The van der Waals surface area contributed by atoms with Crippen molar-refractivity contribution in [2.24, 2.45) is 11.8 Å². The minimum Gasteiger partial charge on any atom is -0.465 e. The van der Waals surface area contributed by atoms with Gasteiger partial charge in [-0.1, -0.05) is 31.9 Å². The third-order valence-electron chi connectivity index (χ3n) is 6.58. The molecule has 10 heteroatoms. The molecular formula is C28H34O10. The van der Waals surface area contributed by atoms with Crippen molar-refractivity contribution in [3.8, 4) is 0 Å². The molecular weight excluding hydrogens is 496 g/mol. The van der Waals surface area contributed by atoms with E-state index < -0.39 is 61.1 Å². The van der Waals surface area contributed by atoms with Crippen molar-refractivity contribution in [2.75, 3.05) is 26.9 Å². The van der Waals surface area contributed by atoms with E-state index >= 15 is 0 Å². The van der Waals surface area contributed by atoms with E-state index in [1.165, 1.54) is 7.11 Å². The summed E-state index contributed by atoms with van der Waals surface area (Å²) >= 11 is 0. The van der Waals surface area contributed by atoms with Crippen molar-refractivity contribution in [1.29, 1.82) is 0 Å². The summed E-state index contributed by atoms with van der Waals surface area (Å²) in [6.07, 6.45) is 0.931. The Morgan fingerprint density at radius 2 is 1.24 bits per heavy atom. The minimum atomic E-state index is -1.25. The second-order valence-electron chi connectivity index (χ2n) is 9.34. The largest absolute Gasteiger partial charge is 0.465 e. The first kappa shape index (κ1) is 29.1. The summed E-state index contributed by atoms with van der Waals surface area (Å²) < 4.78 is 20.3. The zero-order chi connectivity index (χ0) is 27.7. The fraction of sp³-hybridized carbons (Fsp3) is 0.500. The number of hydrogen-bond donors (Lipinski definition) is 2. The Balaban J connectivity index is 1.49. The summed E-state index contributed by atoms with van der Waals surface area (Å²) in [5, 5.41) is 21.3. The molecule has 0 bridgehead atoms. The SMILES string of the molecule is CCC(O)COC(=O)C1CCCCC1C(=O)OCC(O)COC(=O)c1ccc2cc(C(=O)OC)ccc2c1. The molecule has 0 aliphatic heterocycles. The van der Waals surface area contributed by atoms with E-state index in [0.717, 1.165) is 18.2 Å². The van der Waals surface area contributed by atoms with Gasteiger partial charge < -0.3 is 29.2 Å². The number of fused-ring (bicyclic) bond motifs is 1. The lowest BCUT2D eigenvalue weighted by Gasteiger charge is -2.28. The van der Waals surface area contributed by atoms with Gasteiger partial charge in [0.05, 0.1) is 36.2 Å². The lowest BCUT2D eigenvalue weighted by atomic mass is 9.79. The second kappa shape index (κ2) is 13.9. The van der Waals surface area contributed by atoms with E-state index in [2.05, 4.69) is 0 Å². The van der Waals surface area contributed by atoms with Gasteiger partial charge in [-0.3, -0.25) is 9.59 Å². The Kier molecular flexibility index (Phi) is 10.6. The van der Waals surface area contributed by atoms with Crippen molar-refractivity contribution in [3.05, 3.63) is 47.5 Å². The number of ether oxygens (including phenoxy) is 4. The first-order valence-corrected chi connectivity index (χ1v) is 12.7. The van der Waals surface area contributed by atoms with Gasteiger partial charge in [0, 0.05) is 0 Å². The number of methoxy groups -OCH3 is 1. The molecule has 1 saturated carbocycles. The molecule has 1 fully saturated rings. The number of aliphatic hydroxyl groups excluding tert-OH is 2. The topological polar surface area (TPSA) is 146 Å². The Labute approximate surface area is 220 Å². The van der Waals surface area contributed by atoms with Crippen molar-refractivity contribution in [2.45, 2.75) is 51.2 Å². The van der Waals surface area contributed by atoms with E-state index in [1.807, 2.05) is 0 Å². The van der Waals surface area contributed by atoms with Crippen LogP contribution in [-0.2, 0) is 28.5 Å². The molecule has 38 heavy (non-hydrogen) atoms. The van der Waals surface area contributed by atoms with Crippen LogP contribution in [0.3, 0.4) is 0 Å². The van der Waals surface area contributed by atoms with E-state index in [-0.39, 0.29) is 12.2 Å². The number of rotatable bonds is 11. The molecule has 4 atom stereocenters. The Morgan fingerprint density at radius 3 is 1.74 bits per heavy atom. The van der Waals surface area contributed by atoms with Gasteiger partial charge >= 0.3 is 23.9 Å². The summed E-state index contributed by atoms with van der Waals surface area (Å²) in [6.45, 7) is 0.861. The quantitative estimate of drug-likeness (QED) is 0.328. The minimum absolute atomic E-state index is 0.122. The van der Waals surface area contributed by atoms with Gasteiger partial charge in [-0.05, 0) is 54.3 Å². The zero-order valence-corrected chi connectivity index (χ0v) is 21.6. The average molecular weight is 531 g/mol. The zero-order valence-electron chi connectivity index (χ0n) is 21.6. The van der Waals surface area contributed by atoms with E-state index in [4.69, 9.17) is 18.9 Å². The highest BCUT2D eigenvalue weighted by molar-refractivity contribution is 5.99. The smallest absolute Gasteiger partial charge is 0.338 e. The van der Waals surface area contributed by atoms with Gasteiger partial charge in [-0.25, -0.2) is 9.59 Å². The van der Waals surface area contributed by atoms with Gasteiger partial charge in [0.1, 0.15) is 25.9 Å². The number of aliphatic hydroxyl groups is 2. The molecule has 3 rings (SSSR count). The summed E-state index contributed by atoms with van der Waals surface area (Å²) in [5.41, 5.74) is 0.643. The van der Waals surface area contributed by atoms with Gasteiger partial charge in [0.25, 0.3) is 0 Å². The summed E-state index contributed by atoms with van der Waals surface area (Å²) in [5.74, 6) is -3.64. The fourth-order valence-corrected chi connectivity index (χ4v) is 4.30. The van der Waals surface area contributed by atoms with Crippen LogP contribution in [-0.4, -0.2) is 73.2 Å². The maximum Gasteiger partial charge on any atom is 0.338 e. The lowest BCUT2D eigenvalue weighted by molar-refractivity contribution is -0.166. The second-order valence-corrected chi connectivity index (χ2v) is 9.34. The molecule has 206 valence electrons. The lowest BCUT2D eigenvalue weighted by Crippen LogP contribution is -2.37. The van der Waals surface area contributed by atoms with Crippen LogP contribution in [0, 0.1) is 11.8 Å². The Bertz CT molecular complexity index is 1140. The molecule has 4 unspecified atom stereocenters. The van der Waals surface area contributed by atoms with Crippen LogP contribution < -0.4 is 0 Å². The monoisotopic (exact) mass is 530 g/mol. The standard InChI is InChI=1S/C28H34O10/c1-3-21(29)14-37-27(33)23-6-4-5-7-24(23)28(34)38-16-22(30)15-36-26(32)20-11-9-17-12-19(25(31)35-2)10-8-18(17)13-20/h8-13,21-24,29-30H,3-7,14-16H2,1-2H3.